The van der Waals surface area contributed by atoms with E-state index in [-0.39, 0.29) is 12.3 Å². The van der Waals surface area contributed by atoms with Gasteiger partial charge in [0.05, 0.1) is 0 Å². The third kappa shape index (κ3) is 2.59. The smallest absolute Gasteiger partial charge is 0.304 e. The Morgan fingerprint density at radius 3 is 2.15 bits per heavy atom. The molecule has 1 aliphatic carbocycles. The van der Waals surface area contributed by atoms with Crippen molar-refractivity contribution in [1.82, 2.24) is 5.32 Å². The average molecular weight is 195 g/mol. The van der Waals surface area contributed by atoms with Crippen molar-refractivity contribution in [2.24, 2.45) is 5.92 Å². The molecule has 1 aliphatic rings. The number of alkyl halides is 3. The molecule has 78 valence electrons. The first-order chi connectivity index (χ1) is 5.89. The summed E-state index contributed by atoms with van der Waals surface area (Å²) in [5, 5.41) is 2.55. The van der Waals surface area contributed by atoms with Crippen LogP contribution in [0.5, 0.6) is 0 Å². The van der Waals surface area contributed by atoms with Gasteiger partial charge < -0.3 is 5.32 Å². The minimum Gasteiger partial charge on any atom is -0.304 e. The molecule has 0 heterocycles. The summed E-state index contributed by atoms with van der Waals surface area (Å²) in [4.78, 5) is 0. The molecule has 0 aromatic rings. The van der Waals surface area contributed by atoms with Crippen LogP contribution in [0.3, 0.4) is 0 Å². The van der Waals surface area contributed by atoms with Crippen molar-refractivity contribution in [3.8, 4) is 0 Å². The molecule has 0 aliphatic heterocycles. The standard InChI is InChI=1S/C9H16F3N/c1-3-13-8(2,9(10,11)12)6-7-4-5-7/h7,13H,3-6H2,1-2H3. The van der Waals surface area contributed by atoms with E-state index < -0.39 is 11.7 Å². The topological polar surface area (TPSA) is 12.0 Å². The predicted molar refractivity (Wildman–Crippen MR) is 45.5 cm³/mol. The molecule has 4 heteroatoms. The van der Waals surface area contributed by atoms with Crippen LogP contribution in [0.15, 0.2) is 0 Å². The van der Waals surface area contributed by atoms with Gasteiger partial charge in [0.1, 0.15) is 5.54 Å². The quantitative estimate of drug-likeness (QED) is 0.727. The lowest BCUT2D eigenvalue weighted by molar-refractivity contribution is -0.194. The van der Waals surface area contributed by atoms with E-state index in [2.05, 4.69) is 5.32 Å². The highest BCUT2D eigenvalue weighted by Gasteiger charge is 2.52. The zero-order valence-electron chi connectivity index (χ0n) is 8.04. The third-order valence-corrected chi connectivity index (χ3v) is 2.59. The van der Waals surface area contributed by atoms with Gasteiger partial charge in [-0.05, 0) is 25.8 Å². The zero-order valence-corrected chi connectivity index (χ0v) is 8.04. The average Bonchev–Trinajstić information content (AvgIpc) is 2.69. The van der Waals surface area contributed by atoms with Crippen molar-refractivity contribution in [1.29, 1.82) is 0 Å². The highest BCUT2D eigenvalue weighted by molar-refractivity contribution is 4.95. The molecule has 0 amide bonds. The Morgan fingerprint density at radius 1 is 1.31 bits per heavy atom. The van der Waals surface area contributed by atoms with Crippen molar-refractivity contribution >= 4 is 0 Å². The van der Waals surface area contributed by atoms with Gasteiger partial charge in [-0.2, -0.15) is 13.2 Å². The van der Waals surface area contributed by atoms with E-state index in [1.807, 2.05) is 0 Å². The van der Waals surface area contributed by atoms with E-state index in [1.165, 1.54) is 6.92 Å². The van der Waals surface area contributed by atoms with E-state index in [4.69, 9.17) is 0 Å². The molecule has 13 heavy (non-hydrogen) atoms. The first kappa shape index (κ1) is 10.8. The number of hydrogen-bond donors (Lipinski definition) is 1. The van der Waals surface area contributed by atoms with Gasteiger partial charge in [0, 0.05) is 0 Å². The molecule has 1 unspecified atom stereocenters. The van der Waals surface area contributed by atoms with Crippen molar-refractivity contribution in [2.75, 3.05) is 6.54 Å². The van der Waals surface area contributed by atoms with Gasteiger partial charge in [0.2, 0.25) is 0 Å². The van der Waals surface area contributed by atoms with E-state index in [1.54, 1.807) is 6.92 Å². The molecule has 1 saturated carbocycles. The molecule has 0 aromatic heterocycles. The minimum absolute atomic E-state index is 0.227. The number of halogens is 3. The Hall–Kier alpha value is -0.250. The van der Waals surface area contributed by atoms with Crippen molar-refractivity contribution < 1.29 is 13.2 Å². The second-order valence-corrected chi connectivity index (χ2v) is 4.01. The molecule has 1 fully saturated rings. The van der Waals surface area contributed by atoms with Gasteiger partial charge in [-0.3, -0.25) is 0 Å². The number of rotatable bonds is 4. The summed E-state index contributed by atoms with van der Waals surface area (Å²) in [7, 11) is 0. The second kappa shape index (κ2) is 3.48. The van der Waals surface area contributed by atoms with Gasteiger partial charge in [-0.15, -0.1) is 0 Å². The van der Waals surface area contributed by atoms with Crippen LogP contribution in [0.1, 0.15) is 33.1 Å². The first-order valence-corrected chi connectivity index (χ1v) is 4.71. The zero-order chi connectivity index (χ0) is 10.1. The summed E-state index contributed by atoms with van der Waals surface area (Å²) in [6.07, 6.45) is -2.00. The molecule has 0 spiro atoms. The van der Waals surface area contributed by atoms with E-state index in [0.717, 1.165) is 12.8 Å². The molecule has 0 aromatic carbocycles. The van der Waals surface area contributed by atoms with Gasteiger partial charge in [-0.25, -0.2) is 0 Å². The number of hydrogen-bond acceptors (Lipinski definition) is 1. The van der Waals surface area contributed by atoms with Crippen molar-refractivity contribution in [2.45, 2.75) is 44.8 Å². The molecule has 1 nitrogen and oxygen atoms in total. The van der Waals surface area contributed by atoms with Crippen LogP contribution in [-0.2, 0) is 0 Å². The summed E-state index contributed by atoms with van der Waals surface area (Å²) < 4.78 is 37.9. The lowest BCUT2D eigenvalue weighted by Gasteiger charge is -2.33. The largest absolute Gasteiger partial charge is 0.406 e. The van der Waals surface area contributed by atoms with Gasteiger partial charge in [-0.1, -0.05) is 19.8 Å². The maximum atomic E-state index is 12.6. The Balaban J connectivity index is 2.60. The Morgan fingerprint density at radius 2 is 1.85 bits per heavy atom. The van der Waals surface area contributed by atoms with Crippen LogP contribution in [0.4, 0.5) is 13.2 Å². The van der Waals surface area contributed by atoms with Crippen LogP contribution in [0.25, 0.3) is 0 Å². The molecule has 1 atom stereocenters. The summed E-state index contributed by atoms with van der Waals surface area (Å²) in [5.74, 6) is 0.283. The fourth-order valence-electron chi connectivity index (χ4n) is 1.58. The molecule has 1 N–H and O–H groups in total. The normalized spacial score (nSPS) is 22.8. The molecule has 1 rings (SSSR count). The van der Waals surface area contributed by atoms with E-state index >= 15 is 0 Å². The molecule has 0 saturated heterocycles. The van der Waals surface area contributed by atoms with Crippen LogP contribution in [0.2, 0.25) is 0 Å². The summed E-state index contributed by atoms with van der Waals surface area (Å²) >= 11 is 0. The van der Waals surface area contributed by atoms with Gasteiger partial charge in [0.25, 0.3) is 0 Å². The van der Waals surface area contributed by atoms with Crippen LogP contribution >= 0.6 is 0 Å². The fraction of sp³-hybridized carbons (Fsp3) is 1.00. The first-order valence-electron chi connectivity index (χ1n) is 4.71. The molecular formula is C9H16F3N. The lowest BCUT2D eigenvalue weighted by atomic mass is 9.94. The predicted octanol–water partition coefficient (Wildman–Crippen LogP) is 2.72. The summed E-state index contributed by atoms with van der Waals surface area (Å²) in [5.41, 5.74) is -1.68. The van der Waals surface area contributed by atoms with E-state index in [0.29, 0.717) is 6.54 Å². The summed E-state index contributed by atoms with van der Waals surface area (Å²) in [6, 6.07) is 0. The van der Waals surface area contributed by atoms with Gasteiger partial charge >= 0.3 is 6.18 Å². The maximum Gasteiger partial charge on any atom is 0.406 e. The lowest BCUT2D eigenvalue weighted by Crippen LogP contribution is -2.54. The van der Waals surface area contributed by atoms with Crippen LogP contribution < -0.4 is 5.32 Å². The highest BCUT2D eigenvalue weighted by atomic mass is 19.4. The molecular weight excluding hydrogens is 179 g/mol. The van der Waals surface area contributed by atoms with Crippen molar-refractivity contribution in [3.63, 3.8) is 0 Å². The van der Waals surface area contributed by atoms with Crippen LogP contribution in [0, 0.1) is 5.92 Å². The van der Waals surface area contributed by atoms with Gasteiger partial charge in [0.15, 0.2) is 0 Å². The molecule has 0 bridgehead atoms. The Bertz CT molecular complexity index is 174. The summed E-state index contributed by atoms with van der Waals surface area (Å²) in [6.45, 7) is 3.33. The Labute approximate surface area is 76.7 Å². The number of nitrogens with one attached hydrogen (secondary N) is 1. The SMILES string of the molecule is CCNC(C)(CC1CC1)C(F)(F)F. The highest BCUT2D eigenvalue weighted by Crippen LogP contribution is 2.42. The molecule has 0 radical (unpaired) electrons. The third-order valence-electron chi connectivity index (χ3n) is 2.59. The maximum absolute atomic E-state index is 12.6. The monoisotopic (exact) mass is 195 g/mol. The Kier molecular flexibility index (Phi) is 2.90. The minimum atomic E-state index is -4.13. The second-order valence-electron chi connectivity index (χ2n) is 4.01. The fourth-order valence-corrected chi connectivity index (χ4v) is 1.58. The van der Waals surface area contributed by atoms with E-state index in [9.17, 15) is 13.2 Å². The van der Waals surface area contributed by atoms with Crippen molar-refractivity contribution in [3.05, 3.63) is 0 Å². The van der Waals surface area contributed by atoms with Crippen LogP contribution in [-0.4, -0.2) is 18.3 Å².